The van der Waals surface area contributed by atoms with Crippen molar-refractivity contribution in [2.24, 2.45) is 0 Å². The lowest BCUT2D eigenvalue weighted by Crippen LogP contribution is -2.14. The summed E-state index contributed by atoms with van der Waals surface area (Å²) < 4.78 is 43.2. The van der Waals surface area contributed by atoms with Crippen LogP contribution in [0.4, 0.5) is 11.4 Å². The first-order valence-electron chi connectivity index (χ1n) is 7.86. The second-order valence-corrected chi connectivity index (χ2v) is 7.20. The number of nitrogens with one attached hydrogen (secondary N) is 1. The lowest BCUT2D eigenvalue weighted by atomic mass is 10.2. The minimum absolute atomic E-state index is 0.00680. The Kier molecular flexibility index (Phi) is 6.59. The number of ether oxygens (including phenoxy) is 3. The van der Waals surface area contributed by atoms with Crippen molar-refractivity contribution in [2.45, 2.75) is 11.8 Å². The van der Waals surface area contributed by atoms with Gasteiger partial charge in [0.1, 0.15) is 18.1 Å². The Labute approximate surface area is 157 Å². The van der Waals surface area contributed by atoms with Gasteiger partial charge in [-0.15, -0.1) is 0 Å². The summed E-state index contributed by atoms with van der Waals surface area (Å²) in [5, 5.41) is 10.9. The molecular weight excluding hydrogens is 376 g/mol. The molecule has 0 fully saturated rings. The predicted molar refractivity (Wildman–Crippen MR) is 99.0 cm³/mol. The summed E-state index contributed by atoms with van der Waals surface area (Å²) in [6.07, 6.45) is 0. The second kappa shape index (κ2) is 8.69. The molecule has 0 aliphatic heterocycles. The summed E-state index contributed by atoms with van der Waals surface area (Å²) >= 11 is 0. The fourth-order valence-corrected chi connectivity index (χ4v) is 3.42. The van der Waals surface area contributed by atoms with Crippen LogP contribution in [0, 0.1) is 17.0 Å². The van der Waals surface area contributed by atoms with Crippen molar-refractivity contribution in [3.05, 3.63) is 52.1 Å². The molecule has 0 saturated carbocycles. The van der Waals surface area contributed by atoms with Crippen molar-refractivity contribution in [1.29, 1.82) is 0 Å². The summed E-state index contributed by atoms with van der Waals surface area (Å²) in [6, 6.07) is 8.05. The van der Waals surface area contributed by atoms with Gasteiger partial charge in [-0.25, -0.2) is 8.42 Å². The molecule has 0 aliphatic carbocycles. The number of aryl methyl sites for hydroxylation is 1. The van der Waals surface area contributed by atoms with Crippen molar-refractivity contribution in [3.63, 3.8) is 0 Å². The third kappa shape index (κ3) is 5.08. The maximum atomic E-state index is 12.7. The average Bonchev–Trinajstić information content (AvgIpc) is 2.62. The smallest absolute Gasteiger partial charge is 0.271 e. The zero-order valence-corrected chi connectivity index (χ0v) is 15.9. The zero-order chi connectivity index (χ0) is 20.0. The van der Waals surface area contributed by atoms with Gasteiger partial charge in [-0.1, -0.05) is 0 Å². The molecule has 2 aromatic carbocycles. The van der Waals surface area contributed by atoms with E-state index in [9.17, 15) is 18.5 Å². The lowest BCUT2D eigenvalue weighted by molar-refractivity contribution is -0.384. The minimum Gasteiger partial charge on any atom is -0.495 e. The Morgan fingerprint density at radius 1 is 1.07 bits per heavy atom. The van der Waals surface area contributed by atoms with Crippen molar-refractivity contribution in [3.8, 4) is 11.5 Å². The molecule has 9 nitrogen and oxygen atoms in total. The fraction of sp³-hybridized carbons (Fsp3) is 0.294. The van der Waals surface area contributed by atoms with E-state index in [1.54, 1.807) is 20.1 Å². The molecule has 0 aromatic heterocycles. The minimum atomic E-state index is -3.99. The molecule has 146 valence electrons. The standard InChI is InChI=1S/C17H20N2O7S/c1-12-10-14(5-7-16(12)26-9-8-24-2)27(22,23)18-15-11-13(19(20)21)4-6-17(15)25-3/h4-7,10-11,18H,8-9H2,1-3H3. The van der Waals surface area contributed by atoms with Gasteiger partial charge in [-0.05, 0) is 36.8 Å². The average molecular weight is 396 g/mol. The summed E-state index contributed by atoms with van der Waals surface area (Å²) in [7, 11) is -1.09. The number of hydrogen-bond donors (Lipinski definition) is 1. The van der Waals surface area contributed by atoms with Crippen LogP contribution in [0.3, 0.4) is 0 Å². The molecule has 27 heavy (non-hydrogen) atoms. The van der Waals surface area contributed by atoms with Crippen LogP contribution in [0.25, 0.3) is 0 Å². The molecule has 0 unspecified atom stereocenters. The predicted octanol–water partition coefficient (Wildman–Crippen LogP) is 2.74. The fourth-order valence-electron chi connectivity index (χ4n) is 2.28. The largest absolute Gasteiger partial charge is 0.495 e. The molecule has 0 atom stereocenters. The first kappa shape index (κ1) is 20.5. The maximum absolute atomic E-state index is 12.7. The highest BCUT2D eigenvalue weighted by Crippen LogP contribution is 2.31. The molecule has 0 radical (unpaired) electrons. The van der Waals surface area contributed by atoms with Gasteiger partial charge < -0.3 is 14.2 Å². The zero-order valence-electron chi connectivity index (χ0n) is 15.1. The number of sulfonamides is 1. The lowest BCUT2D eigenvalue weighted by Gasteiger charge is -2.13. The summed E-state index contributed by atoms with van der Waals surface area (Å²) in [5.41, 5.74) is 0.344. The van der Waals surface area contributed by atoms with Crippen LogP contribution in [0.1, 0.15) is 5.56 Å². The van der Waals surface area contributed by atoms with Crippen LogP contribution in [0.5, 0.6) is 11.5 Å². The van der Waals surface area contributed by atoms with Gasteiger partial charge in [0.25, 0.3) is 15.7 Å². The Hall–Kier alpha value is -2.85. The topological polar surface area (TPSA) is 117 Å². The number of rotatable bonds is 9. The van der Waals surface area contributed by atoms with Crippen molar-refractivity contribution in [1.82, 2.24) is 0 Å². The molecule has 2 aromatic rings. The molecule has 0 amide bonds. The highest BCUT2D eigenvalue weighted by atomic mass is 32.2. The van der Waals surface area contributed by atoms with Crippen LogP contribution >= 0.6 is 0 Å². The van der Waals surface area contributed by atoms with Gasteiger partial charge in [0, 0.05) is 19.2 Å². The molecule has 1 N–H and O–H groups in total. The Balaban J connectivity index is 2.30. The van der Waals surface area contributed by atoms with E-state index in [1.165, 1.54) is 31.4 Å². The molecular formula is C17H20N2O7S. The Morgan fingerprint density at radius 3 is 2.37 bits per heavy atom. The van der Waals surface area contributed by atoms with Gasteiger partial charge in [0.15, 0.2) is 0 Å². The molecule has 2 rings (SSSR count). The van der Waals surface area contributed by atoms with Gasteiger partial charge >= 0.3 is 0 Å². The Morgan fingerprint density at radius 2 is 1.78 bits per heavy atom. The number of nitro groups is 1. The summed E-state index contributed by atoms with van der Waals surface area (Å²) in [4.78, 5) is 10.3. The Bertz CT molecular complexity index is 929. The number of benzene rings is 2. The van der Waals surface area contributed by atoms with E-state index < -0.39 is 14.9 Å². The van der Waals surface area contributed by atoms with Crippen LogP contribution in [-0.4, -0.2) is 40.8 Å². The van der Waals surface area contributed by atoms with Crippen molar-refractivity contribution < 1.29 is 27.6 Å². The molecule has 0 bridgehead atoms. The molecule has 0 heterocycles. The van der Waals surface area contributed by atoms with E-state index in [4.69, 9.17) is 14.2 Å². The first-order chi connectivity index (χ1) is 12.8. The summed E-state index contributed by atoms with van der Waals surface area (Å²) in [6.45, 7) is 2.47. The van der Waals surface area contributed by atoms with Crippen LogP contribution < -0.4 is 14.2 Å². The number of methoxy groups -OCH3 is 2. The van der Waals surface area contributed by atoms with Crippen LogP contribution in [0.2, 0.25) is 0 Å². The monoisotopic (exact) mass is 396 g/mol. The number of nitrogens with zero attached hydrogens (tertiary/aromatic N) is 1. The van der Waals surface area contributed by atoms with E-state index >= 15 is 0 Å². The SMILES string of the molecule is COCCOc1ccc(S(=O)(=O)Nc2cc([N+](=O)[O-])ccc2OC)cc1C. The van der Waals surface area contributed by atoms with Gasteiger partial charge in [-0.2, -0.15) is 0 Å². The number of anilines is 1. The normalized spacial score (nSPS) is 11.1. The quantitative estimate of drug-likeness (QED) is 0.393. The highest BCUT2D eigenvalue weighted by molar-refractivity contribution is 7.92. The van der Waals surface area contributed by atoms with E-state index in [0.29, 0.717) is 24.5 Å². The third-order valence-corrected chi connectivity index (χ3v) is 5.00. The van der Waals surface area contributed by atoms with E-state index in [0.717, 1.165) is 6.07 Å². The first-order valence-corrected chi connectivity index (χ1v) is 9.34. The number of non-ortho nitro benzene ring substituents is 1. The van der Waals surface area contributed by atoms with Gasteiger partial charge in [-0.3, -0.25) is 14.8 Å². The van der Waals surface area contributed by atoms with Gasteiger partial charge in [0.2, 0.25) is 0 Å². The van der Waals surface area contributed by atoms with Crippen LogP contribution in [0.15, 0.2) is 41.3 Å². The third-order valence-electron chi connectivity index (χ3n) is 3.64. The van der Waals surface area contributed by atoms with Crippen molar-refractivity contribution in [2.75, 3.05) is 32.2 Å². The second-order valence-electron chi connectivity index (χ2n) is 5.52. The molecule has 0 saturated heterocycles. The molecule has 0 aliphatic rings. The highest BCUT2D eigenvalue weighted by Gasteiger charge is 2.20. The van der Waals surface area contributed by atoms with E-state index in [-0.39, 0.29) is 22.0 Å². The molecule has 10 heteroatoms. The summed E-state index contributed by atoms with van der Waals surface area (Å²) in [5.74, 6) is 0.708. The van der Waals surface area contributed by atoms with E-state index in [1.807, 2.05) is 0 Å². The van der Waals surface area contributed by atoms with Crippen molar-refractivity contribution >= 4 is 21.4 Å². The molecule has 0 spiro atoms. The maximum Gasteiger partial charge on any atom is 0.271 e. The number of hydrogen-bond acceptors (Lipinski definition) is 7. The van der Waals surface area contributed by atoms with Gasteiger partial charge in [0.05, 0.1) is 29.2 Å². The van der Waals surface area contributed by atoms with E-state index in [2.05, 4.69) is 4.72 Å². The number of nitro benzene ring substituents is 1. The van der Waals surface area contributed by atoms with Crippen LogP contribution in [-0.2, 0) is 14.8 Å².